The molecule has 3 rings (SSSR count). The van der Waals surface area contributed by atoms with Crippen molar-refractivity contribution in [2.45, 2.75) is 19.4 Å². The molecule has 6 heteroatoms. The van der Waals surface area contributed by atoms with Gasteiger partial charge in [-0.05, 0) is 37.4 Å². The molecule has 1 atom stereocenters. The molecule has 0 bridgehead atoms. The molecular weight excluding hydrogens is 256 g/mol. The lowest BCUT2D eigenvalue weighted by Crippen LogP contribution is -2.20. The first-order valence-electron chi connectivity index (χ1n) is 6.92. The molecule has 1 aliphatic rings. The molecule has 20 heavy (non-hydrogen) atoms. The third-order valence-corrected chi connectivity index (χ3v) is 3.63. The summed E-state index contributed by atoms with van der Waals surface area (Å²) in [7, 11) is 0. The van der Waals surface area contributed by atoms with Crippen LogP contribution >= 0.6 is 0 Å². The molecule has 0 aromatic carbocycles. The molecule has 0 spiro atoms. The van der Waals surface area contributed by atoms with E-state index in [2.05, 4.69) is 20.0 Å². The number of rotatable bonds is 5. The van der Waals surface area contributed by atoms with Crippen molar-refractivity contribution in [2.24, 2.45) is 5.92 Å². The van der Waals surface area contributed by atoms with Crippen LogP contribution in [0.25, 0.3) is 11.5 Å². The highest BCUT2D eigenvalue weighted by Crippen LogP contribution is 2.21. The van der Waals surface area contributed by atoms with Crippen molar-refractivity contribution in [3.8, 4) is 11.5 Å². The van der Waals surface area contributed by atoms with Crippen molar-refractivity contribution in [3.63, 3.8) is 0 Å². The van der Waals surface area contributed by atoms with Gasteiger partial charge in [0.1, 0.15) is 5.69 Å². The van der Waals surface area contributed by atoms with Gasteiger partial charge >= 0.3 is 0 Å². The van der Waals surface area contributed by atoms with Gasteiger partial charge in [-0.2, -0.15) is 4.98 Å². The third-order valence-electron chi connectivity index (χ3n) is 3.63. The number of hydrogen-bond donors (Lipinski definition) is 1. The summed E-state index contributed by atoms with van der Waals surface area (Å²) in [6, 6.07) is 5.62. The summed E-state index contributed by atoms with van der Waals surface area (Å²) in [5, 5.41) is 12.9. The van der Waals surface area contributed by atoms with Crippen molar-refractivity contribution < 1.29 is 9.63 Å². The SMILES string of the molecule is OCCC1CCN(Cc2nc(-c3ccccn3)no2)C1. The Morgan fingerprint density at radius 2 is 2.35 bits per heavy atom. The summed E-state index contributed by atoms with van der Waals surface area (Å²) in [6.07, 6.45) is 3.71. The van der Waals surface area contributed by atoms with Crippen LogP contribution in [-0.2, 0) is 6.54 Å². The number of hydrogen-bond acceptors (Lipinski definition) is 6. The average molecular weight is 274 g/mol. The topological polar surface area (TPSA) is 75.3 Å². The Labute approximate surface area is 117 Å². The van der Waals surface area contributed by atoms with Crippen LogP contribution in [0.5, 0.6) is 0 Å². The molecule has 1 N–H and O–H groups in total. The number of pyridine rings is 1. The molecular formula is C14H18N4O2. The maximum Gasteiger partial charge on any atom is 0.241 e. The summed E-state index contributed by atoms with van der Waals surface area (Å²) < 4.78 is 5.28. The van der Waals surface area contributed by atoms with Gasteiger partial charge in [-0.15, -0.1) is 0 Å². The Morgan fingerprint density at radius 3 is 3.15 bits per heavy atom. The minimum atomic E-state index is 0.267. The Morgan fingerprint density at radius 1 is 1.40 bits per heavy atom. The molecule has 0 saturated carbocycles. The molecule has 0 amide bonds. The molecule has 0 aliphatic carbocycles. The highest BCUT2D eigenvalue weighted by atomic mass is 16.5. The van der Waals surface area contributed by atoms with Crippen molar-refractivity contribution in [3.05, 3.63) is 30.3 Å². The van der Waals surface area contributed by atoms with E-state index in [0.29, 0.717) is 24.2 Å². The van der Waals surface area contributed by atoms with Gasteiger partial charge in [-0.3, -0.25) is 9.88 Å². The highest BCUT2D eigenvalue weighted by Gasteiger charge is 2.23. The molecule has 1 saturated heterocycles. The Balaban J connectivity index is 1.61. The van der Waals surface area contributed by atoms with Crippen LogP contribution in [0.15, 0.2) is 28.9 Å². The van der Waals surface area contributed by atoms with Crippen molar-refractivity contribution in [2.75, 3.05) is 19.7 Å². The summed E-state index contributed by atoms with van der Waals surface area (Å²) in [5.74, 6) is 1.74. The van der Waals surface area contributed by atoms with E-state index in [1.165, 1.54) is 0 Å². The average Bonchev–Trinajstić information content (AvgIpc) is 3.11. The number of aliphatic hydroxyl groups excluding tert-OH is 1. The first-order valence-corrected chi connectivity index (χ1v) is 6.92. The lowest BCUT2D eigenvalue weighted by Gasteiger charge is -2.12. The fourth-order valence-electron chi connectivity index (χ4n) is 2.58. The second-order valence-corrected chi connectivity index (χ2v) is 5.13. The first kappa shape index (κ1) is 13.2. The van der Waals surface area contributed by atoms with E-state index in [1.807, 2.05) is 18.2 Å². The van der Waals surface area contributed by atoms with E-state index in [-0.39, 0.29) is 6.61 Å². The van der Waals surface area contributed by atoms with E-state index in [0.717, 1.165) is 31.6 Å². The normalized spacial score (nSPS) is 19.6. The van der Waals surface area contributed by atoms with Crippen molar-refractivity contribution in [1.82, 2.24) is 20.0 Å². The van der Waals surface area contributed by atoms with Gasteiger partial charge in [0.15, 0.2) is 0 Å². The second-order valence-electron chi connectivity index (χ2n) is 5.13. The molecule has 2 aromatic heterocycles. The lowest BCUT2D eigenvalue weighted by atomic mass is 10.1. The van der Waals surface area contributed by atoms with Crippen LogP contribution < -0.4 is 0 Å². The predicted molar refractivity (Wildman–Crippen MR) is 72.6 cm³/mol. The number of aromatic nitrogens is 3. The number of nitrogens with zero attached hydrogens (tertiary/aromatic N) is 4. The van der Waals surface area contributed by atoms with Crippen LogP contribution in [0, 0.1) is 5.92 Å². The van der Waals surface area contributed by atoms with Gasteiger partial charge in [0.2, 0.25) is 11.7 Å². The quantitative estimate of drug-likeness (QED) is 0.886. The van der Waals surface area contributed by atoms with Gasteiger partial charge in [0.05, 0.1) is 6.54 Å². The van der Waals surface area contributed by atoms with E-state index < -0.39 is 0 Å². The molecule has 2 aromatic rings. The van der Waals surface area contributed by atoms with Crippen LogP contribution in [0.3, 0.4) is 0 Å². The van der Waals surface area contributed by atoms with Crippen molar-refractivity contribution >= 4 is 0 Å². The van der Waals surface area contributed by atoms with Crippen LogP contribution in [-0.4, -0.2) is 44.8 Å². The molecule has 3 heterocycles. The molecule has 1 fully saturated rings. The van der Waals surface area contributed by atoms with E-state index >= 15 is 0 Å². The minimum absolute atomic E-state index is 0.267. The summed E-state index contributed by atoms with van der Waals surface area (Å²) in [6.45, 7) is 2.94. The summed E-state index contributed by atoms with van der Waals surface area (Å²) in [5.41, 5.74) is 0.724. The van der Waals surface area contributed by atoms with Crippen LogP contribution in [0.4, 0.5) is 0 Å². The third kappa shape index (κ3) is 3.02. The van der Waals surface area contributed by atoms with E-state index in [9.17, 15) is 0 Å². The Hall–Kier alpha value is -1.79. The molecule has 106 valence electrons. The maximum absolute atomic E-state index is 8.97. The zero-order valence-electron chi connectivity index (χ0n) is 11.3. The Kier molecular flexibility index (Phi) is 4.03. The van der Waals surface area contributed by atoms with E-state index in [4.69, 9.17) is 9.63 Å². The zero-order chi connectivity index (χ0) is 13.8. The predicted octanol–water partition coefficient (Wildman–Crippen LogP) is 1.34. The number of aliphatic hydroxyl groups is 1. The van der Waals surface area contributed by atoms with Crippen LogP contribution in [0.1, 0.15) is 18.7 Å². The fourth-order valence-corrected chi connectivity index (χ4v) is 2.58. The molecule has 6 nitrogen and oxygen atoms in total. The van der Waals surface area contributed by atoms with Gasteiger partial charge in [-0.1, -0.05) is 11.2 Å². The van der Waals surface area contributed by atoms with Gasteiger partial charge in [-0.25, -0.2) is 0 Å². The standard InChI is InChI=1S/C14H18N4O2/c19-8-5-11-4-7-18(9-11)10-13-16-14(17-20-13)12-3-1-2-6-15-12/h1-3,6,11,19H,4-5,7-10H2. The van der Waals surface area contributed by atoms with Gasteiger partial charge < -0.3 is 9.63 Å². The summed E-state index contributed by atoms with van der Waals surface area (Å²) >= 11 is 0. The monoisotopic (exact) mass is 274 g/mol. The molecule has 0 radical (unpaired) electrons. The van der Waals surface area contributed by atoms with E-state index in [1.54, 1.807) is 6.20 Å². The highest BCUT2D eigenvalue weighted by molar-refractivity contribution is 5.46. The second kappa shape index (κ2) is 6.11. The number of likely N-dealkylation sites (tertiary alicyclic amines) is 1. The smallest absolute Gasteiger partial charge is 0.241 e. The fraction of sp³-hybridized carbons (Fsp3) is 0.500. The summed E-state index contributed by atoms with van der Waals surface area (Å²) in [4.78, 5) is 10.9. The zero-order valence-corrected chi connectivity index (χ0v) is 11.3. The molecule has 1 unspecified atom stereocenters. The van der Waals surface area contributed by atoms with Gasteiger partial charge in [0, 0.05) is 19.3 Å². The molecule has 1 aliphatic heterocycles. The maximum atomic E-state index is 8.97. The van der Waals surface area contributed by atoms with Crippen molar-refractivity contribution in [1.29, 1.82) is 0 Å². The lowest BCUT2D eigenvalue weighted by molar-refractivity contribution is 0.236. The minimum Gasteiger partial charge on any atom is -0.396 e. The Bertz CT molecular complexity index is 543. The van der Waals surface area contributed by atoms with Gasteiger partial charge in [0.25, 0.3) is 0 Å². The largest absolute Gasteiger partial charge is 0.396 e. The first-order chi connectivity index (χ1) is 9.85. The van der Waals surface area contributed by atoms with Crippen LogP contribution in [0.2, 0.25) is 0 Å².